The van der Waals surface area contributed by atoms with Gasteiger partial charge in [-0.3, -0.25) is 4.79 Å². The van der Waals surface area contributed by atoms with Gasteiger partial charge >= 0.3 is 5.51 Å². The lowest BCUT2D eigenvalue weighted by Crippen LogP contribution is -2.17. The van der Waals surface area contributed by atoms with Crippen molar-refractivity contribution >= 4 is 35.1 Å². The van der Waals surface area contributed by atoms with Crippen molar-refractivity contribution in [3.05, 3.63) is 30.6 Å². The molecule has 0 unspecified atom stereocenters. The van der Waals surface area contributed by atoms with E-state index in [9.17, 15) is 18.0 Å². The highest BCUT2D eigenvalue weighted by atomic mass is 32.2. The Balaban J connectivity index is 1.89. The maximum Gasteiger partial charge on any atom is 0.442 e. The number of carbonyl (C=O) groups excluding carboxylic acids is 1. The van der Waals surface area contributed by atoms with E-state index < -0.39 is 17.2 Å². The average Bonchev–Trinajstić information content (AvgIpc) is 2.84. The van der Waals surface area contributed by atoms with Gasteiger partial charge in [-0.1, -0.05) is 0 Å². The van der Waals surface area contributed by atoms with E-state index in [2.05, 4.69) is 15.5 Å². The fraction of sp³-hybridized carbons (Fsp3) is 0.250. The first-order chi connectivity index (χ1) is 10.3. The molecule has 0 spiro atoms. The zero-order valence-electron chi connectivity index (χ0n) is 11.3. The molecule has 0 aliphatic rings. The van der Waals surface area contributed by atoms with Gasteiger partial charge in [0.25, 0.3) is 0 Å². The number of thioether (sulfide) groups is 1. The molecule has 0 radical (unpaired) electrons. The van der Waals surface area contributed by atoms with E-state index in [1.165, 1.54) is 11.8 Å². The van der Waals surface area contributed by atoms with Crippen LogP contribution in [-0.4, -0.2) is 31.9 Å². The van der Waals surface area contributed by atoms with Crippen LogP contribution in [0, 0.1) is 0 Å². The molecule has 10 heteroatoms. The first-order valence-electron chi connectivity index (χ1n) is 5.96. The van der Waals surface area contributed by atoms with Crippen molar-refractivity contribution in [3.8, 4) is 0 Å². The Hall–Kier alpha value is -1.68. The molecule has 0 atom stereocenters. The highest BCUT2D eigenvalue weighted by Crippen LogP contribution is 2.30. The van der Waals surface area contributed by atoms with E-state index in [0.29, 0.717) is 10.8 Å². The molecule has 0 saturated carbocycles. The first-order valence-corrected chi connectivity index (χ1v) is 7.76. The minimum absolute atomic E-state index is 0.366. The zero-order chi connectivity index (χ0) is 16.2. The molecular formula is C12H11F3N4OS2. The number of amides is 1. The Bertz CT molecular complexity index is 643. The summed E-state index contributed by atoms with van der Waals surface area (Å²) in [5.41, 5.74) is -3.97. The Labute approximate surface area is 132 Å². The Kier molecular flexibility index (Phi) is 5.35. The molecule has 1 amide bonds. The van der Waals surface area contributed by atoms with Gasteiger partial charge in [0, 0.05) is 17.6 Å². The number of aryl methyl sites for hydroxylation is 1. The van der Waals surface area contributed by atoms with Crippen LogP contribution in [0.2, 0.25) is 0 Å². The number of aromatic nitrogens is 3. The molecule has 0 saturated heterocycles. The van der Waals surface area contributed by atoms with Crippen LogP contribution < -0.4 is 5.32 Å². The number of carbonyl (C=O) groups is 1. The van der Waals surface area contributed by atoms with Gasteiger partial charge in [0.1, 0.15) is 6.33 Å². The average molecular weight is 348 g/mol. The van der Waals surface area contributed by atoms with Crippen LogP contribution in [0.25, 0.3) is 0 Å². The smallest absolute Gasteiger partial charge is 0.325 e. The third kappa shape index (κ3) is 5.26. The van der Waals surface area contributed by atoms with E-state index in [1.54, 1.807) is 35.2 Å². The second kappa shape index (κ2) is 7.05. The van der Waals surface area contributed by atoms with Crippen LogP contribution in [0.4, 0.5) is 18.9 Å². The lowest BCUT2D eigenvalue weighted by Gasteiger charge is -2.07. The number of hydrogen-bond donors (Lipinski definition) is 1. The summed E-state index contributed by atoms with van der Waals surface area (Å²) >= 11 is 1.02. The van der Waals surface area contributed by atoms with Crippen molar-refractivity contribution in [2.24, 2.45) is 7.05 Å². The number of rotatable bonds is 5. The number of alkyl halides is 3. The minimum atomic E-state index is -4.41. The summed E-state index contributed by atoms with van der Waals surface area (Å²) in [6, 6.07) is 6.72. The predicted molar refractivity (Wildman–Crippen MR) is 78.7 cm³/mol. The maximum atomic E-state index is 12.0. The molecule has 1 N–H and O–H groups in total. The fourth-order valence-electron chi connectivity index (χ4n) is 1.42. The van der Waals surface area contributed by atoms with Crippen LogP contribution in [0.3, 0.4) is 0 Å². The summed E-state index contributed by atoms with van der Waals surface area (Å²) in [4.78, 5) is 12.3. The molecule has 0 aliphatic carbocycles. The predicted octanol–water partition coefficient (Wildman–Crippen LogP) is 3.16. The van der Waals surface area contributed by atoms with Crippen LogP contribution in [-0.2, 0) is 11.8 Å². The highest BCUT2D eigenvalue weighted by molar-refractivity contribution is 8.00. The highest BCUT2D eigenvalue weighted by Gasteiger charge is 2.29. The van der Waals surface area contributed by atoms with Crippen LogP contribution >= 0.6 is 23.5 Å². The summed E-state index contributed by atoms with van der Waals surface area (Å²) in [6.45, 7) is 0. The van der Waals surface area contributed by atoms with Gasteiger partial charge in [0.15, 0.2) is 5.16 Å². The second-order valence-electron chi connectivity index (χ2n) is 4.13. The molecular weight excluding hydrogens is 337 g/mol. The standard InChI is InChI=1S/C12H11F3N4OS2/c1-19-7-16-18-11(19)22-9-4-2-8(3-5-9)17-10(20)6-21-12(13,14)15/h2-5,7H,6H2,1H3,(H,17,20). The molecule has 1 aromatic heterocycles. The Morgan fingerprint density at radius 3 is 2.55 bits per heavy atom. The van der Waals surface area contributed by atoms with E-state index in [4.69, 9.17) is 0 Å². The number of hydrogen-bond acceptors (Lipinski definition) is 5. The molecule has 5 nitrogen and oxygen atoms in total. The molecule has 1 aromatic carbocycles. The number of anilines is 1. The van der Waals surface area contributed by atoms with E-state index in [1.807, 2.05) is 7.05 Å². The van der Waals surface area contributed by atoms with Gasteiger partial charge in [-0.25, -0.2) is 0 Å². The summed E-state index contributed by atoms with van der Waals surface area (Å²) in [5, 5.41) is 10.8. The molecule has 22 heavy (non-hydrogen) atoms. The summed E-state index contributed by atoms with van der Waals surface area (Å²) in [7, 11) is 1.81. The molecule has 0 bridgehead atoms. The molecule has 118 valence electrons. The fourth-order valence-corrected chi connectivity index (χ4v) is 2.55. The summed E-state index contributed by atoms with van der Waals surface area (Å²) in [5.74, 6) is -1.37. The van der Waals surface area contributed by atoms with Crippen molar-refractivity contribution < 1.29 is 18.0 Å². The van der Waals surface area contributed by atoms with Gasteiger partial charge in [0.05, 0.1) is 5.75 Å². The lowest BCUT2D eigenvalue weighted by atomic mass is 10.3. The third-order valence-corrected chi connectivity index (χ3v) is 4.18. The number of halogens is 3. The van der Waals surface area contributed by atoms with Crippen LogP contribution in [0.15, 0.2) is 40.6 Å². The van der Waals surface area contributed by atoms with E-state index >= 15 is 0 Å². The van der Waals surface area contributed by atoms with Crippen molar-refractivity contribution in [1.29, 1.82) is 0 Å². The van der Waals surface area contributed by atoms with Gasteiger partial charge in [-0.05, 0) is 47.8 Å². The van der Waals surface area contributed by atoms with Gasteiger partial charge in [-0.2, -0.15) is 13.2 Å². The molecule has 1 heterocycles. The van der Waals surface area contributed by atoms with Crippen LogP contribution in [0.5, 0.6) is 0 Å². The molecule has 0 fully saturated rings. The lowest BCUT2D eigenvalue weighted by molar-refractivity contribution is -0.114. The molecule has 0 aliphatic heterocycles. The Morgan fingerprint density at radius 1 is 1.32 bits per heavy atom. The third-order valence-electron chi connectivity index (χ3n) is 2.38. The van der Waals surface area contributed by atoms with E-state index in [-0.39, 0.29) is 11.8 Å². The van der Waals surface area contributed by atoms with Crippen molar-refractivity contribution in [2.75, 3.05) is 11.1 Å². The quantitative estimate of drug-likeness (QED) is 0.899. The Morgan fingerprint density at radius 2 is 2.00 bits per heavy atom. The summed E-state index contributed by atoms with van der Waals surface area (Å²) in [6.07, 6.45) is 1.58. The number of nitrogens with zero attached hydrogens (tertiary/aromatic N) is 3. The van der Waals surface area contributed by atoms with E-state index in [0.717, 1.165) is 4.90 Å². The zero-order valence-corrected chi connectivity index (χ0v) is 12.9. The second-order valence-corrected chi connectivity index (χ2v) is 6.21. The van der Waals surface area contributed by atoms with Crippen molar-refractivity contribution in [3.63, 3.8) is 0 Å². The number of nitrogens with one attached hydrogen (secondary N) is 1. The first kappa shape index (κ1) is 16.7. The molecule has 2 rings (SSSR count). The SMILES string of the molecule is Cn1cnnc1Sc1ccc(NC(=O)CSC(F)(F)F)cc1. The topological polar surface area (TPSA) is 59.8 Å². The number of benzene rings is 1. The minimum Gasteiger partial charge on any atom is -0.325 e. The normalized spacial score (nSPS) is 11.5. The van der Waals surface area contributed by atoms with Crippen LogP contribution in [0.1, 0.15) is 0 Å². The van der Waals surface area contributed by atoms with Gasteiger partial charge in [-0.15, -0.1) is 10.2 Å². The largest absolute Gasteiger partial charge is 0.442 e. The van der Waals surface area contributed by atoms with Gasteiger partial charge in [0.2, 0.25) is 5.91 Å². The maximum absolute atomic E-state index is 12.0. The molecule has 2 aromatic rings. The van der Waals surface area contributed by atoms with Gasteiger partial charge < -0.3 is 9.88 Å². The monoisotopic (exact) mass is 348 g/mol. The van der Waals surface area contributed by atoms with Crippen molar-refractivity contribution in [2.45, 2.75) is 15.6 Å². The summed E-state index contributed by atoms with van der Waals surface area (Å²) < 4.78 is 37.7. The van der Waals surface area contributed by atoms with Crippen molar-refractivity contribution in [1.82, 2.24) is 14.8 Å².